The van der Waals surface area contributed by atoms with Gasteiger partial charge in [0.05, 0.1) is 0 Å². The molecule has 5 nitrogen and oxygen atoms in total. The maximum Gasteiger partial charge on any atom is 0.409 e. The van der Waals surface area contributed by atoms with Gasteiger partial charge in [0, 0.05) is 43.3 Å². The highest BCUT2D eigenvalue weighted by Crippen LogP contribution is 2.33. The van der Waals surface area contributed by atoms with Gasteiger partial charge < -0.3 is 19.2 Å². The lowest BCUT2D eigenvalue weighted by atomic mass is 10.1. The Hall–Kier alpha value is -1.99. The molecule has 0 aliphatic rings. The fraction of sp³-hybridized carbons (Fsp3) is 0.455. The van der Waals surface area contributed by atoms with E-state index in [0.29, 0.717) is 31.7 Å². The molecular weight excluding hydrogens is 406 g/mol. The van der Waals surface area contributed by atoms with Gasteiger partial charge in [-0.3, -0.25) is 0 Å². The van der Waals surface area contributed by atoms with Gasteiger partial charge in [-0.1, -0.05) is 18.2 Å². The van der Waals surface area contributed by atoms with Gasteiger partial charge in [-0.05, 0) is 41.7 Å². The molecule has 0 saturated carbocycles. The summed E-state index contributed by atoms with van der Waals surface area (Å²) < 4.78 is 11.7. The Balaban J connectivity index is 1.98. The highest BCUT2D eigenvalue weighted by Gasteiger charge is 2.19. The van der Waals surface area contributed by atoms with E-state index in [4.69, 9.17) is 9.47 Å². The van der Waals surface area contributed by atoms with Crippen LogP contribution in [-0.4, -0.2) is 62.0 Å². The van der Waals surface area contributed by atoms with Crippen LogP contribution in [-0.2, 0) is 16.0 Å². The Bertz CT molecular complexity index is 771. The van der Waals surface area contributed by atoms with Gasteiger partial charge in [-0.2, -0.15) is 11.3 Å². The summed E-state index contributed by atoms with van der Waals surface area (Å²) in [7, 11) is 1.06. The first kappa shape index (κ1) is 23.3. The van der Waals surface area contributed by atoms with Crippen molar-refractivity contribution in [2.45, 2.75) is 18.9 Å². The van der Waals surface area contributed by atoms with Crippen molar-refractivity contribution in [2.24, 2.45) is 0 Å². The predicted octanol–water partition coefficient (Wildman–Crippen LogP) is 4.76. The first-order valence-electron chi connectivity index (χ1n) is 9.54. The first-order valence-corrected chi connectivity index (χ1v) is 13.5. The van der Waals surface area contributed by atoms with Gasteiger partial charge in [-0.25, -0.2) is 14.8 Å². The largest absolute Gasteiger partial charge is 0.485 e. The van der Waals surface area contributed by atoms with Crippen LogP contribution in [0.25, 0.3) is 0 Å². The predicted molar refractivity (Wildman–Crippen MR) is 123 cm³/mol. The highest BCUT2D eigenvalue weighted by molar-refractivity contribution is 8.32. The number of carbonyl (C=O) groups is 2. The van der Waals surface area contributed by atoms with Gasteiger partial charge in [-0.15, -0.1) is 0 Å². The molecular formula is C22H31NO4S2. The highest BCUT2D eigenvalue weighted by atomic mass is 32.3. The van der Waals surface area contributed by atoms with E-state index in [1.807, 2.05) is 35.7 Å². The maximum atomic E-state index is 12.3. The van der Waals surface area contributed by atoms with E-state index in [0.717, 1.165) is 23.2 Å². The van der Waals surface area contributed by atoms with Gasteiger partial charge in [0.25, 0.3) is 0 Å². The Morgan fingerprint density at radius 2 is 2.00 bits per heavy atom. The van der Waals surface area contributed by atoms with Crippen LogP contribution in [0, 0.1) is 0 Å². The average molecular weight is 438 g/mol. The van der Waals surface area contributed by atoms with Crippen molar-refractivity contribution in [2.75, 3.05) is 44.7 Å². The molecule has 0 aliphatic heterocycles. The van der Waals surface area contributed by atoms with E-state index in [2.05, 4.69) is 24.1 Å². The second kappa shape index (κ2) is 11.3. The number of thiophene rings is 1. The molecule has 160 valence electrons. The Morgan fingerprint density at radius 1 is 1.24 bits per heavy atom. The molecule has 2 aromatic rings. The topological polar surface area (TPSA) is 55.8 Å². The minimum absolute atomic E-state index is 0.205. The normalized spacial score (nSPS) is 12.8. The Morgan fingerprint density at radius 3 is 2.66 bits per heavy atom. The number of nitrogens with zero attached hydrogens (tertiary/aromatic N) is 1. The number of benzene rings is 1. The molecule has 1 atom stereocenters. The van der Waals surface area contributed by atoms with Crippen molar-refractivity contribution in [3.63, 3.8) is 0 Å². The standard InChI is InChI=1S/C22H31NO4S2/c1-23(22(25)26-14-16-29(2,3)4)12-9-21(19-11-15-28-17-19)27-20-8-6-5-7-18(20)10-13-24/h5-8,11,13,15,17,21H,9-10,12,14,16H2,1-4H3/t21-/m1/s1. The molecule has 1 amide bonds. The van der Waals surface area contributed by atoms with Gasteiger partial charge in [0.15, 0.2) is 0 Å². The molecule has 2 rings (SSSR count). The molecule has 0 saturated heterocycles. The van der Waals surface area contributed by atoms with E-state index in [1.165, 1.54) is 0 Å². The third kappa shape index (κ3) is 8.11. The van der Waals surface area contributed by atoms with E-state index >= 15 is 0 Å². The van der Waals surface area contributed by atoms with Gasteiger partial charge in [0.1, 0.15) is 24.7 Å². The fourth-order valence-corrected chi connectivity index (χ4v) is 3.96. The quantitative estimate of drug-likeness (QED) is 0.476. The minimum atomic E-state index is -0.684. The Labute approximate surface area is 179 Å². The maximum absolute atomic E-state index is 12.3. The van der Waals surface area contributed by atoms with Crippen LogP contribution in [0.2, 0.25) is 0 Å². The fourth-order valence-electron chi connectivity index (χ4n) is 2.67. The minimum Gasteiger partial charge on any atom is -0.485 e. The number of ether oxygens (including phenoxy) is 2. The van der Waals surface area contributed by atoms with Crippen molar-refractivity contribution < 1.29 is 19.1 Å². The molecule has 0 fully saturated rings. The monoisotopic (exact) mass is 437 g/mol. The molecule has 0 N–H and O–H groups in total. The zero-order valence-corrected chi connectivity index (χ0v) is 19.3. The molecule has 0 unspecified atom stereocenters. The summed E-state index contributed by atoms with van der Waals surface area (Å²) >= 11 is 1.61. The van der Waals surface area contributed by atoms with Crippen LogP contribution in [0.5, 0.6) is 5.75 Å². The molecule has 1 heterocycles. The lowest BCUT2D eigenvalue weighted by molar-refractivity contribution is -0.107. The number of rotatable bonds is 11. The number of hydrogen-bond acceptors (Lipinski definition) is 5. The molecule has 1 aromatic carbocycles. The van der Waals surface area contributed by atoms with Crippen LogP contribution in [0.1, 0.15) is 23.7 Å². The summed E-state index contributed by atoms with van der Waals surface area (Å²) in [5, 5.41) is 4.06. The van der Waals surface area contributed by atoms with Crippen molar-refractivity contribution in [3.05, 3.63) is 52.2 Å². The number of aldehydes is 1. The number of carbonyl (C=O) groups excluding carboxylic acids is 2. The lowest BCUT2D eigenvalue weighted by Crippen LogP contribution is -2.31. The molecule has 0 aliphatic carbocycles. The molecule has 7 heteroatoms. The summed E-state index contributed by atoms with van der Waals surface area (Å²) in [5.41, 5.74) is 1.93. The number of para-hydroxylation sites is 1. The number of amides is 1. The smallest absolute Gasteiger partial charge is 0.409 e. The zero-order valence-electron chi connectivity index (χ0n) is 17.6. The summed E-state index contributed by atoms with van der Waals surface area (Å²) in [6.45, 7) is 0.961. The van der Waals surface area contributed by atoms with Crippen LogP contribution < -0.4 is 4.74 Å². The first-order chi connectivity index (χ1) is 13.8. The van der Waals surface area contributed by atoms with E-state index in [-0.39, 0.29) is 12.2 Å². The third-order valence-corrected chi connectivity index (χ3v) is 6.51. The van der Waals surface area contributed by atoms with Gasteiger partial charge >= 0.3 is 6.09 Å². The van der Waals surface area contributed by atoms with Crippen molar-refractivity contribution >= 4 is 33.7 Å². The van der Waals surface area contributed by atoms with Crippen molar-refractivity contribution in [1.82, 2.24) is 4.90 Å². The zero-order chi connectivity index (χ0) is 21.3. The summed E-state index contributed by atoms with van der Waals surface area (Å²) in [6.07, 6.45) is 7.92. The second-order valence-corrected chi connectivity index (χ2v) is 13.1. The van der Waals surface area contributed by atoms with E-state index in [1.54, 1.807) is 23.3 Å². The molecule has 1 aromatic heterocycles. The van der Waals surface area contributed by atoms with Crippen LogP contribution >= 0.6 is 21.4 Å². The third-order valence-electron chi connectivity index (χ3n) is 4.42. The van der Waals surface area contributed by atoms with Crippen molar-refractivity contribution in [3.8, 4) is 5.75 Å². The van der Waals surface area contributed by atoms with Crippen LogP contribution in [0.15, 0.2) is 41.1 Å². The Kier molecular flexibility index (Phi) is 9.04. The van der Waals surface area contributed by atoms with E-state index in [9.17, 15) is 9.59 Å². The lowest BCUT2D eigenvalue weighted by Gasteiger charge is -2.26. The average Bonchev–Trinajstić information content (AvgIpc) is 3.20. The van der Waals surface area contributed by atoms with E-state index < -0.39 is 10.0 Å². The summed E-state index contributed by atoms with van der Waals surface area (Å²) in [6, 6.07) is 9.60. The molecule has 29 heavy (non-hydrogen) atoms. The summed E-state index contributed by atoms with van der Waals surface area (Å²) in [4.78, 5) is 24.8. The van der Waals surface area contributed by atoms with Crippen LogP contribution in [0.3, 0.4) is 0 Å². The van der Waals surface area contributed by atoms with Gasteiger partial charge in [0.2, 0.25) is 0 Å². The SMILES string of the molecule is CN(CC[C@@H](Oc1ccccc1CC=O)c1ccsc1)C(=O)OCCS(C)(C)C. The van der Waals surface area contributed by atoms with Crippen molar-refractivity contribution in [1.29, 1.82) is 0 Å². The second-order valence-electron chi connectivity index (χ2n) is 7.76. The molecule has 0 radical (unpaired) electrons. The van der Waals surface area contributed by atoms with Crippen LogP contribution in [0.4, 0.5) is 4.79 Å². The number of hydrogen-bond donors (Lipinski definition) is 0. The molecule has 0 spiro atoms. The molecule has 0 bridgehead atoms. The summed E-state index contributed by atoms with van der Waals surface area (Å²) in [5.74, 6) is 1.61.